The van der Waals surface area contributed by atoms with Crippen LogP contribution in [0.1, 0.15) is 13.3 Å². The van der Waals surface area contributed by atoms with Gasteiger partial charge in [-0.05, 0) is 18.3 Å². The molecule has 2 atom stereocenters. The summed E-state index contributed by atoms with van der Waals surface area (Å²) in [6.45, 7) is 5.98. The molecule has 0 aromatic rings. The van der Waals surface area contributed by atoms with Crippen LogP contribution < -0.4 is 0 Å². The third-order valence-corrected chi connectivity index (χ3v) is 2.00. The molecule has 10 heavy (non-hydrogen) atoms. The highest BCUT2D eigenvalue weighted by Crippen LogP contribution is 2.21. The lowest BCUT2D eigenvalue weighted by molar-refractivity contribution is 0.513. The fourth-order valence-corrected chi connectivity index (χ4v) is 1.25. The van der Waals surface area contributed by atoms with Crippen molar-refractivity contribution in [3.05, 3.63) is 37.0 Å². The molecule has 1 aliphatic rings. The highest BCUT2D eigenvalue weighted by molar-refractivity contribution is 5.14. The Bertz CT molecular complexity index is 163. The predicted molar refractivity (Wildman–Crippen MR) is 45.7 cm³/mol. The maximum absolute atomic E-state index is 3.73. The van der Waals surface area contributed by atoms with E-state index in [9.17, 15) is 0 Å². The highest BCUT2D eigenvalue weighted by atomic mass is 14.2. The van der Waals surface area contributed by atoms with Crippen LogP contribution in [0.4, 0.5) is 0 Å². The topological polar surface area (TPSA) is 0 Å². The lowest BCUT2D eigenvalue weighted by atomic mass is 9.88. The smallest absolute Gasteiger partial charge is 0.0135 e. The van der Waals surface area contributed by atoms with Crippen molar-refractivity contribution in [2.75, 3.05) is 0 Å². The first-order valence-electron chi connectivity index (χ1n) is 3.80. The van der Waals surface area contributed by atoms with Crippen molar-refractivity contribution >= 4 is 0 Å². The van der Waals surface area contributed by atoms with Gasteiger partial charge in [-0.3, -0.25) is 0 Å². The second-order valence-corrected chi connectivity index (χ2v) is 2.82. The fraction of sp³-hybridized carbons (Fsp3) is 0.400. The van der Waals surface area contributed by atoms with Gasteiger partial charge in [0, 0.05) is 0 Å². The monoisotopic (exact) mass is 134 g/mol. The van der Waals surface area contributed by atoms with Crippen molar-refractivity contribution in [1.29, 1.82) is 0 Å². The maximum atomic E-state index is 3.73. The van der Waals surface area contributed by atoms with Crippen LogP contribution in [0.2, 0.25) is 0 Å². The molecule has 0 heterocycles. The van der Waals surface area contributed by atoms with E-state index in [1.54, 1.807) is 0 Å². The first-order valence-corrected chi connectivity index (χ1v) is 3.80. The van der Waals surface area contributed by atoms with Crippen LogP contribution in [0.5, 0.6) is 0 Å². The Morgan fingerprint density at radius 1 is 1.40 bits per heavy atom. The van der Waals surface area contributed by atoms with E-state index < -0.39 is 0 Å². The van der Waals surface area contributed by atoms with Crippen LogP contribution in [-0.2, 0) is 0 Å². The van der Waals surface area contributed by atoms with Crippen molar-refractivity contribution in [1.82, 2.24) is 0 Å². The lowest BCUT2D eigenvalue weighted by Crippen LogP contribution is -2.07. The molecular formula is C10H14. The van der Waals surface area contributed by atoms with E-state index in [-0.39, 0.29) is 0 Å². The SMILES string of the molecule is C=CCC1C=CC=CC1C. The molecule has 0 saturated heterocycles. The van der Waals surface area contributed by atoms with Gasteiger partial charge in [0.15, 0.2) is 0 Å². The first-order chi connectivity index (χ1) is 4.84. The molecule has 0 saturated carbocycles. The molecule has 0 N–H and O–H groups in total. The van der Waals surface area contributed by atoms with Gasteiger partial charge in [-0.25, -0.2) is 0 Å². The molecule has 0 aromatic carbocycles. The summed E-state index contributed by atoms with van der Waals surface area (Å²) in [7, 11) is 0. The fourth-order valence-electron chi connectivity index (χ4n) is 1.25. The van der Waals surface area contributed by atoms with Gasteiger partial charge in [-0.1, -0.05) is 37.3 Å². The van der Waals surface area contributed by atoms with Crippen LogP contribution in [0.25, 0.3) is 0 Å². The zero-order valence-corrected chi connectivity index (χ0v) is 6.46. The van der Waals surface area contributed by atoms with Gasteiger partial charge < -0.3 is 0 Å². The molecule has 0 heteroatoms. The van der Waals surface area contributed by atoms with Gasteiger partial charge >= 0.3 is 0 Å². The Kier molecular flexibility index (Phi) is 2.49. The van der Waals surface area contributed by atoms with Gasteiger partial charge in [-0.15, -0.1) is 6.58 Å². The van der Waals surface area contributed by atoms with E-state index in [1.807, 2.05) is 6.08 Å². The molecule has 1 aliphatic carbocycles. The Labute approximate surface area is 62.9 Å². The van der Waals surface area contributed by atoms with Crippen molar-refractivity contribution in [3.63, 3.8) is 0 Å². The van der Waals surface area contributed by atoms with Gasteiger partial charge in [0.05, 0.1) is 0 Å². The molecule has 54 valence electrons. The molecule has 0 nitrogen and oxygen atoms in total. The summed E-state index contributed by atoms with van der Waals surface area (Å²) in [6, 6.07) is 0. The van der Waals surface area contributed by atoms with E-state index >= 15 is 0 Å². The summed E-state index contributed by atoms with van der Waals surface area (Å²) in [5.41, 5.74) is 0. The van der Waals surface area contributed by atoms with E-state index in [1.165, 1.54) is 0 Å². The van der Waals surface area contributed by atoms with Crippen molar-refractivity contribution in [2.45, 2.75) is 13.3 Å². The zero-order valence-electron chi connectivity index (χ0n) is 6.46. The van der Waals surface area contributed by atoms with Gasteiger partial charge in [0.2, 0.25) is 0 Å². The Morgan fingerprint density at radius 3 is 2.70 bits per heavy atom. The normalized spacial score (nSPS) is 30.5. The standard InChI is InChI=1S/C10H14/c1-3-6-10-8-5-4-7-9(10)2/h3-5,7-10H,1,6H2,2H3. The van der Waals surface area contributed by atoms with E-state index in [4.69, 9.17) is 0 Å². The molecule has 0 radical (unpaired) electrons. The van der Waals surface area contributed by atoms with Crippen molar-refractivity contribution < 1.29 is 0 Å². The quantitative estimate of drug-likeness (QED) is 0.509. The molecule has 0 bridgehead atoms. The molecular weight excluding hydrogens is 120 g/mol. The molecule has 0 spiro atoms. The average molecular weight is 134 g/mol. The first kappa shape index (κ1) is 7.33. The minimum Gasteiger partial charge on any atom is -0.103 e. The summed E-state index contributed by atoms with van der Waals surface area (Å²) >= 11 is 0. The van der Waals surface area contributed by atoms with Crippen LogP contribution in [0.3, 0.4) is 0 Å². The third-order valence-electron chi connectivity index (χ3n) is 2.00. The average Bonchev–Trinajstić information content (AvgIpc) is 1.94. The molecule has 2 unspecified atom stereocenters. The minimum atomic E-state index is 0.683. The van der Waals surface area contributed by atoms with Gasteiger partial charge in [0.25, 0.3) is 0 Å². The number of hydrogen-bond acceptors (Lipinski definition) is 0. The number of hydrogen-bond donors (Lipinski definition) is 0. The minimum absolute atomic E-state index is 0.683. The molecule has 1 rings (SSSR count). The summed E-state index contributed by atoms with van der Waals surface area (Å²) in [4.78, 5) is 0. The van der Waals surface area contributed by atoms with Gasteiger partial charge in [0.1, 0.15) is 0 Å². The molecule has 0 aliphatic heterocycles. The Balaban J connectivity index is 2.52. The highest BCUT2D eigenvalue weighted by Gasteiger charge is 2.10. The van der Waals surface area contributed by atoms with Crippen LogP contribution >= 0.6 is 0 Å². The van der Waals surface area contributed by atoms with E-state index in [2.05, 4.69) is 37.8 Å². The number of rotatable bonds is 2. The number of allylic oxidation sites excluding steroid dienone is 5. The predicted octanol–water partition coefficient (Wildman–Crippen LogP) is 2.94. The summed E-state index contributed by atoms with van der Waals surface area (Å²) in [6.07, 6.45) is 11.8. The summed E-state index contributed by atoms with van der Waals surface area (Å²) < 4.78 is 0. The summed E-state index contributed by atoms with van der Waals surface area (Å²) in [5, 5.41) is 0. The van der Waals surface area contributed by atoms with Crippen LogP contribution in [-0.4, -0.2) is 0 Å². The zero-order chi connectivity index (χ0) is 7.40. The molecule has 0 aromatic heterocycles. The van der Waals surface area contributed by atoms with Gasteiger partial charge in [-0.2, -0.15) is 0 Å². The third kappa shape index (κ3) is 1.60. The Morgan fingerprint density at radius 2 is 2.10 bits per heavy atom. The summed E-state index contributed by atoms with van der Waals surface area (Å²) in [5.74, 6) is 1.37. The van der Waals surface area contributed by atoms with E-state index in [0.717, 1.165) is 6.42 Å². The molecule has 0 fully saturated rings. The Hall–Kier alpha value is -0.780. The van der Waals surface area contributed by atoms with Crippen molar-refractivity contribution in [2.24, 2.45) is 11.8 Å². The van der Waals surface area contributed by atoms with Crippen LogP contribution in [0, 0.1) is 11.8 Å². The second kappa shape index (κ2) is 3.40. The largest absolute Gasteiger partial charge is 0.103 e. The van der Waals surface area contributed by atoms with Crippen LogP contribution in [0.15, 0.2) is 37.0 Å². The molecule has 0 amide bonds. The lowest BCUT2D eigenvalue weighted by Gasteiger charge is -2.17. The maximum Gasteiger partial charge on any atom is -0.0135 e. The second-order valence-electron chi connectivity index (χ2n) is 2.82. The van der Waals surface area contributed by atoms with E-state index in [0.29, 0.717) is 11.8 Å². The van der Waals surface area contributed by atoms with Crippen molar-refractivity contribution in [3.8, 4) is 0 Å².